The maximum Gasteiger partial charge on any atom is 0.410 e. The molecule has 2 aliphatic rings. The Hall–Kier alpha value is -7.11. The van der Waals surface area contributed by atoms with Gasteiger partial charge in [-0.3, -0.25) is 9.59 Å². The van der Waals surface area contributed by atoms with Crippen molar-refractivity contribution in [1.82, 2.24) is 59.7 Å². The first kappa shape index (κ1) is 44.0. The molecule has 0 aromatic carbocycles. The Labute approximate surface area is 356 Å². The molecule has 7 N–H and O–H groups in total. The number of likely N-dealkylation sites (tertiary alicyclic amines) is 1. The summed E-state index contributed by atoms with van der Waals surface area (Å²) in [6, 6.07) is 2.80. The van der Waals surface area contributed by atoms with Crippen LogP contribution in [0.15, 0.2) is 49.6 Å². The van der Waals surface area contributed by atoms with Crippen LogP contribution in [0.3, 0.4) is 0 Å². The van der Waals surface area contributed by atoms with Crippen LogP contribution in [0.1, 0.15) is 80.3 Å². The molecule has 8 heterocycles. The van der Waals surface area contributed by atoms with Gasteiger partial charge < -0.3 is 37.1 Å². The van der Waals surface area contributed by atoms with Crippen LogP contribution >= 0.6 is 0 Å². The van der Waals surface area contributed by atoms with Crippen LogP contribution in [0, 0.1) is 0 Å². The molecule has 2 fully saturated rings. The van der Waals surface area contributed by atoms with Crippen LogP contribution in [-0.4, -0.2) is 116 Å². The highest BCUT2D eigenvalue weighted by Crippen LogP contribution is 2.30. The van der Waals surface area contributed by atoms with Crippen LogP contribution in [0.5, 0.6) is 0 Å². The minimum Gasteiger partial charge on any atom is -0.444 e. The summed E-state index contributed by atoms with van der Waals surface area (Å²) in [6.07, 6.45) is 10.5. The quantitative estimate of drug-likeness (QED) is 0.116. The molecule has 20 nitrogen and oxygen atoms in total. The molecule has 0 bridgehead atoms. The SMILES string of the molecule is CC(C)(C)OC(=O)N1CCC[C@H](Nc2ncnc3c(C(N)=O)cc(-c4cnn(C(F)F)c4)nc23)C1.NC(=O)c1cc(-c2cnn(C(F)F)c2)nc2c(N[C@H]3CCCNC3)ncnc12. The third-order valence-electron chi connectivity index (χ3n) is 9.96. The highest BCUT2D eigenvalue weighted by Gasteiger charge is 2.29. The lowest BCUT2D eigenvalue weighted by Gasteiger charge is -2.34. The van der Waals surface area contributed by atoms with Crippen molar-refractivity contribution in [3.63, 3.8) is 0 Å². The number of primary amides is 2. The summed E-state index contributed by atoms with van der Waals surface area (Å²) in [6.45, 7) is 2.51. The Morgan fingerprint density at radius 3 is 1.71 bits per heavy atom. The van der Waals surface area contributed by atoms with Crippen LogP contribution in [0.2, 0.25) is 0 Å². The van der Waals surface area contributed by atoms with Crippen molar-refractivity contribution in [2.45, 2.75) is 77.2 Å². The summed E-state index contributed by atoms with van der Waals surface area (Å²) >= 11 is 0. The third kappa shape index (κ3) is 10.3. The number of carbonyl (C=O) groups excluding carboxylic acids is 3. The summed E-state index contributed by atoms with van der Waals surface area (Å²) in [7, 11) is 0. The Kier molecular flexibility index (Phi) is 12.9. The summed E-state index contributed by atoms with van der Waals surface area (Å²) in [4.78, 5) is 64.2. The van der Waals surface area contributed by atoms with E-state index in [0.29, 0.717) is 50.7 Å². The molecule has 6 aromatic rings. The van der Waals surface area contributed by atoms with Gasteiger partial charge in [0.1, 0.15) is 40.3 Å². The van der Waals surface area contributed by atoms with Gasteiger partial charge in [0.2, 0.25) is 0 Å². The predicted octanol–water partition coefficient (Wildman–Crippen LogP) is 4.74. The lowest BCUT2D eigenvalue weighted by molar-refractivity contribution is 0.0206. The van der Waals surface area contributed by atoms with E-state index in [1.807, 2.05) is 20.8 Å². The lowest BCUT2D eigenvalue weighted by Crippen LogP contribution is -2.47. The van der Waals surface area contributed by atoms with Crippen molar-refractivity contribution in [2.24, 2.45) is 11.5 Å². The van der Waals surface area contributed by atoms with Crippen LogP contribution < -0.4 is 27.4 Å². The number of piperidine rings is 2. The number of anilines is 2. The van der Waals surface area contributed by atoms with Crippen LogP contribution in [-0.2, 0) is 4.74 Å². The van der Waals surface area contributed by atoms with Gasteiger partial charge in [-0.25, -0.2) is 44.1 Å². The van der Waals surface area contributed by atoms with Crippen molar-refractivity contribution in [3.8, 4) is 22.5 Å². The second-order valence-electron chi connectivity index (χ2n) is 15.7. The van der Waals surface area contributed by atoms with Gasteiger partial charge in [0, 0.05) is 55.2 Å². The second-order valence-corrected chi connectivity index (χ2v) is 15.7. The van der Waals surface area contributed by atoms with Crippen LogP contribution in [0.25, 0.3) is 44.6 Å². The van der Waals surface area contributed by atoms with E-state index in [4.69, 9.17) is 16.2 Å². The van der Waals surface area contributed by atoms with E-state index in [1.54, 1.807) is 4.90 Å². The number of pyridine rings is 2. The molecule has 2 saturated heterocycles. The predicted molar refractivity (Wildman–Crippen MR) is 221 cm³/mol. The third-order valence-corrected chi connectivity index (χ3v) is 9.96. The van der Waals surface area contributed by atoms with E-state index >= 15 is 0 Å². The number of alkyl halides is 4. The molecular formula is C39H44F4N16O4. The molecule has 0 unspecified atom stereocenters. The van der Waals surface area contributed by atoms with E-state index in [2.05, 4.69) is 56.1 Å². The van der Waals surface area contributed by atoms with Gasteiger partial charge in [-0.15, -0.1) is 0 Å². The van der Waals surface area contributed by atoms with Gasteiger partial charge in [0.15, 0.2) is 11.6 Å². The molecule has 0 radical (unpaired) electrons. The number of rotatable bonds is 10. The first-order chi connectivity index (χ1) is 30.0. The van der Waals surface area contributed by atoms with Gasteiger partial charge in [0.25, 0.3) is 11.8 Å². The van der Waals surface area contributed by atoms with E-state index < -0.39 is 36.6 Å². The summed E-state index contributed by atoms with van der Waals surface area (Å²) in [5.41, 5.74) is 12.9. The maximum absolute atomic E-state index is 13.0. The van der Waals surface area contributed by atoms with Crippen molar-refractivity contribution < 1.29 is 36.7 Å². The Bertz CT molecular complexity index is 2630. The number of nitrogens with two attached hydrogens (primary N) is 2. The first-order valence-electron chi connectivity index (χ1n) is 19.8. The molecule has 332 valence electrons. The number of nitrogens with zero attached hydrogens (tertiary/aromatic N) is 11. The summed E-state index contributed by atoms with van der Waals surface area (Å²) < 4.78 is 58.2. The van der Waals surface area contributed by atoms with E-state index in [9.17, 15) is 31.9 Å². The minimum absolute atomic E-state index is 0.0688. The molecule has 8 rings (SSSR count). The van der Waals surface area contributed by atoms with Crippen molar-refractivity contribution in [2.75, 3.05) is 36.8 Å². The van der Waals surface area contributed by atoms with E-state index in [-0.39, 0.29) is 51.2 Å². The fourth-order valence-electron chi connectivity index (χ4n) is 7.06. The fourth-order valence-corrected chi connectivity index (χ4v) is 7.06. The zero-order valence-electron chi connectivity index (χ0n) is 34.3. The topological polar surface area (TPSA) is 265 Å². The fraction of sp³-hybridized carbons (Fsp3) is 0.410. The Morgan fingerprint density at radius 1 is 0.762 bits per heavy atom. The molecule has 6 aromatic heterocycles. The molecule has 3 amide bonds. The highest BCUT2D eigenvalue weighted by molar-refractivity contribution is 6.07. The number of hydrogen-bond acceptors (Lipinski definition) is 15. The van der Waals surface area contributed by atoms with Gasteiger partial charge >= 0.3 is 19.2 Å². The van der Waals surface area contributed by atoms with Gasteiger partial charge in [0.05, 0.1) is 34.9 Å². The zero-order valence-corrected chi connectivity index (χ0v) is 34.3. The number of amides is 3. The largest absolute Gasteiger partial charge is 0.444 e. The van der Waals surface area contributed by atoms with E-state index in [0.717, 1.165) is 51.2 Å². The average Bonchev–Trinajstić information content (AvgIpc) is 3.96. The number of nitrogens with one attached hydrogen (secondary N) is 3. The number of aromatic nitrogens is 10. The molecule has 2 atom stereocenters. The summed E-state index contributed by atoms with van der Waals surface area (Å²) in [5, 5.41) is 17.2. The molecule has 2 aliphatic heterocycles. The molecule has 0 aliphatic carbocycles. The normalized spacial score (nSPS) is 16.8. The number of ether oxygens (including phenoxy) is 1. The number of halogens is 4. The second kappa shape index (κ2) is 18.5. The zero-order chi connectivity index (χ0) is 45.0. The van der Waals surface area contributed by atoms with Crippen molar-refractivity contribution >= 4 is 51.6 Å². The van der Waals surface area contributed by atoms with Crippen LogP contribution in [0.4, 0.5) is 34.0 Å². The minimum atomic E-state index is -2.82. The molecular weight excluding hydrogens is 833 g/mol. The monoisotopic (exact) mass is 876 g/mol. The number of carbonyl (C=O) groups is 3. The van der Waals surface area contributed by atoms with Gasteiger partial charge in [-0.05, 0) is 65.1 Å². The number of fused-ring (bicyclic) bond motifs is 2. The van der Waals surface area contributed by atoms with E-state index in [1.165, 1.54) is 37.2 Å². The van der Waals surface area contributed by atoms with Gasteiger partial charge in [-0.2, -0.15) is 27.8 Å². The summed E-state index contributed by atoms with van der Waals surface area (Å²) in [5.74, 6) is -0.654. The standard InChI is InChI=1S/C22H26F2N8O3.C17H18F2N8O/c1-22(2,3)35-21(34)31-6-4-5-13(10-31)29-19-17-16(26-11-27-19)14(18(25)33)7-15(30-17)12-8-28-32(9-12)20(23)24;18-17(19)27-7-9(5-24-27)12-4-11(15(20)28)13-14(26-12)16(23-8-22-13)25-10-2-1-3-21-6-10/h7-9,11,13,20H,4-6,10H2,1-3H3,(H2,25,33)(H,26,27,29);4-5,7-8,10,17,21H,1-3,6H2,(H2,20,28)(H,22,23,25)/t13-;10-/m00/s1. The smallest absolute Gasteiger partial charge is 0.410 e. The lowest BCUT2D eigenvalue weighted by atomic mass is 10.1. The molecule has 63 heavy (non-hydrogen) atoms. The number of hydrogen-bond donors (Lipinski definition) is 5. The van der Waals surface area contributed by atoms with Crippen molar-refractivity contribution in [3.05, 3.63) is 60.7 Å². The molecule has 0 saturated carbocycles. The highest BCUT2D eigenvalue weighted by atomic mass is 19.3. The molecule has 24 heteroatoms. The van der Waals surface area contributed by atoms with Crippen molar-refractivity contribution in [1.29, 1.82) is 0 Å². The average molecular weight is 877 g/mol. The Balaban J connectivity index is 0.000000193. The van der Waals surface area contributed by atoms with Gasteiger partial charge in [-0.1, -0.05) is 0 Å². The first-order valence-corrected chi connectivity index (χ1v) is 19.8. The molecule has 0 spiro atoms. The maximum atomic E-state index is 13.0. The Morgan fingerprint density at radius 2 is 1.27 bits per heavy atom.